The molecule has 0 radical (unpaired) electrons. The average Bonchev–Trinajstić information content (AvgIpc) is 3.14. The smallest absolute Gasteiger partial charge is 0.207 e. The fourth-order valence-corrected chi connectivity index (χ4v) is 4.03. The summed E-state index contributed by atoms with van der Waals surface area (Å²) in [6.07, 6.45) is 9.58. The number of amides is 1. The molecule has 0 aliphatic heterocycles. The Hall–Kier alpha value is -2.27. The third-order valence-corrected chi connectivity index (χ3v) is 5.49. The molecule has 1 N–H and O–H groups in total. The maximum Gasteiger partial charge on any atom is 0.207 e. The van der Waals surface area contributed by atoms with E-state index in [1.807, 2.05) is 12.1 Å². The summed E-state index contributed by atoms with van der Waals surface area (Å²) >= 11 is 1.55. The van der Waals surface area contributed by atoms with Crippen molar-refractivity contribution in [3.05, 3.63) is 65.5 Å². The number of hydrogen-bond donors (Lipinski definition) is 1. The number of thiazole rings is 1. The van der Waals surface area contributed by atoms with Crippen LogP contribution in [0.2, 0.25) is 0 Å². The standard InChI is InChI=1S/C22H27FN2OS/c1-3-8-17(4-2)18(9-5-6-12-24-16-26)14-21-15-27-22(25-21)19-10-7-11-20(23)13-19/h3,7-8,10-11,13,15-16,18H,1,4-6,9,12,14H2,2H3,(H,24,26)/b17-8-. The maximum atomic E-state index is 13.5. The number of aromatic nitrogens is 1. The Balaban J connectivity index is 2.08. The van der Waals surface area contributed by atoms with Gasteiger partial charge in [0, 0.05) is 17.5 Å². The lowest BCUT2D eigenvalue weighted by atomic mass is 9.87. The number of carbonyl (C=O) groups excluding carboxylic acids is 1. The summed E-state index contributed by atoms with van der Waals surface area (Å²) in [7, 11) is 0. The average molecular weight is 387 g/mol. The molecule has 5 heteroatoms. The third kappa shape index (κ3) is 6.75. The minimum absolute atomic E-state index is 0.242. The van der Waals surface area contributed by atoms with Crippen LogP contribution >= 0.6 is 11.3 Å². The largest absolute Gasteiger partial charge is 0.359 e. The molecule has 2 rings (SSSR count). The number of rotatable bonds is 12. The SMILES string of the molecule is C=C/C=C(/CC)C(CCCCNC=O)Cc1csc(-c2cccc(F)c2)n1. The van der Waals surface area contributed by atoms with Crippen LogP contribution in [0.5, 0.6) is 0 Å². The zero-order valence-corrected chi connectivity index (χ0v) is 16.6. The highest BCUT2D eigenvalue weighted by atomic mass is 32.1. The summed E-state index contributed by atoms with van der Waals surface area (Å²) in [5, 5.41) is 5.64. The highest BCUT2D eigenvalue weighted by molar-refractivity contribution is 7.13. The summed E-state index contributed by atoms with van der Waals surface area (Å²) in [5.74, 6) is 0.153. The van der Waals surface area contributed by atoms with Crippen molar-refractivity contribution in [2.45, 2.75) is 39.0 Å². The van der Waals surface area contributed by atoms with Crippen LogP contribution in [-0.4, -0.2) is 17.9 Å². The Morgan fingerprint density at radius 2 is 2.26 bits per heavy atom. The van der Waals surface area contributed by atoms with Gasteiger partial charge in [0.15, 0.2) is 0 Å². The van der Waals surface area contributed by atoms with Crippen LogP contribution < -0.4 is 5.32 Å². The second-order valence-electron chi connectivity index (χ2n) is 6.45. The van der Waals surface area contributed by atoms with E-state index in [9.17, 15) is 9.18 Å². The molecule has 27 heavy (non-hydrogen) atoms. The molecule has 0 spiro atoms. The summed E-state index contributed by atoms with van der Waals surface area (Å²) in [6.45, 7) is 6.71. The molecule has 0 saturated carbocycles. The van der Waals surface area contributed by atoms with Crippen molar-refractivity contribution in [1.82, 2.24) is 10.3 Å². The maximum absolute atomic E-state index is 13.5. The lowest BCUT2D eigenvalue weighted by molar-refractivity contribution is -0.109. The van der Waals surface area contributed by atoms with E-state index in [1.165, 1.54) is 17.7 Å². The van der Waals surface area contributed by atoms with Crippen molar-refractivity contribution < 1.29 is 9.18 Å². The Kier molecular flexibility index (Phi) is 8.92. The lowest BCUT2D eigenvalue weighted by Gasteiger charge is -2.19. The van der Waals surface area contributed by atoms with Gasteiger partial charge in [-0.3, -0.25) is 4.79 Å². The van der Waals surface area contributed by atoms with Crippen LogP contribution in [0.3, 0.4) is 0 Å². The van der Waals surface area contributed by atoms with E-state index >= 15 is 0 Å². The molecule has 1 aromatic carbocycles. The summed E-state index contributed by atoms with van der Waals surface area (Å²) in [5.41, 5.74) is 3.23. The number of allylic oxidation sites excluding steroid dienone is 3. The molecular weight excluding hydrogens is 359 g/mol. The van der Waals surface area contributed by atoms with Crippen LogP contribution in [0.1, 0.15) is 38.3 Å². The third-order valence-electron chi connectivity index (χ3n) is 4.55. The Bertz CT molecular complexity index is 769. The molecule has 144 valence electrons. The summed E-state index contributed by atoms with van der Waals surface area (Å²) in [4.78, 5) is 15.1. The zero-order valence-electron chi connectivity index (χ0n) is 15.8. The lowest BCUT2D eigenvalue weighted by Crippen LogP contribution is -2.13. The van der Waals surface area contributed by atoms with Gasteiger partial charge in [0.1, 0.15) is 10.8 Å². The van der Waals surface area contributed by atoms with Gasteiger partial charge in [-0.05, 0) is 43.7 Å². The Morgan fingerprint density at radius 3 is 2.96 bits per heavy atom. The second-order valence-corrected chi connectivity index (χ2v) is 7.31. The first kappa shape index (κ1) is 21.0. The number of unbranched alkanes of at least 4 members (excludes halogenated alkanes) is 1. The summed E-state index contributed by atoms with van der Waals surface area (Å²) < 4.78 is 13.5. The highest BCUT2D eigenvalue weighted by Gasteiger charge is 2.16. The van der Waals surface area contributed by atoms with Crippen LogP contribution in [0.15, 0.2) is 53.9 Å². The highest BCUT2D eigenvalue weighted by Crippen LogP contribution is 2.29. The molecule has 1 amide bonds. The van der Waals surface area contributed by atoms with E-state index in [4.69, 9.17) is 4.98 Å². The van der Waals surface area contributed by atoms with Gasteiger partial charge in [-0.15, -0.1) is 11.3 Å². The molecule has 0 aliphatic rings. The molecule has 2 aromatic rings. The van der Waals surface area contributed by atoms with Crippen LogP contribution in [0.25, 0.3) is 10.6 Å². The van der Waals surface area contributed by atoms with E-state index in [0.717, 1.165) is 54.8 Å². The number of carbonyl (C=O) groups is 1. The van der Waals surface area contributed by atoms with Gasteiger partial charge < -0.3 is 5.32 Å². The van der Waals surface area contributed by atoms with Crippen LogP contribution in [0, 0.1) is 11.7 Å². The van der Waals surface area contributed by atoms with Gasteiger partial charge in [0.05, 0.1) is 5.69 Å². The number of halogens is 1. The van der Waals surface area contributed by atoms with Gasteiger partial charge in [-0.1, -0.05) is 49.8 Å². The van der Waals surface area contributed by atoms with Crippen molar-refractivity contribution >= 4 is 17.7 Å². The van der Waals surface area contributed by atoms with Crippen molar-refractivity contribution in [1.29, 1.82) is 0 Å². The first-order chi connectivity index (χ1) is 13.2. The first-order valence-corrected chi connectivity index (χ1v) is 10.2. The van der Waals surface area contributed by atoms with E-state index in [2.05, 4.69) is 30.3 Å². The van der Waals surface area contributed by atoms with Crippen molar-refractivity contribution in [3.63, 3.8) is 0 Å². The Labute approximate surface area is 165 Å². The number of benzene rings is 1. The van der Waals surface area contributed by atoms with Gasteiger partial charge >= 0.3 is 0 Å². The van der Waals surface area contributed by atoms with Gasteiger partial charge in [-0.2, -0.15) is 0 Å². The second kappa shape index (κ2) is 11.4. The van der Waals surface area contributed by atoms with Gasteiger partial charge in [-0.25, -0.2) is 9.37 Å². The van der Waals surface area contributed by atoms with Gasteiger partial charge in [0.25, 0.3) is 0 Å². The van der Waals surface area contributed by atoms with Crippen molar-refractivity contribution in [2.24, 2.45) is 5.92 Å². The zero-order chi connectivity index (χ0) is 19.5. The number of nitrogens with zero attached hydrogens (tertiary/aromatic N) is 1. The number of nitrogens with one attached hydrogen (secondary N) is 1. The molecule has 1 heterocycles. The van der Waals surface area contributed by atoms with Gasteiger partial charge in [0.2, 0.25) is 6.41 Å². The van der Waals surface area contributed by atoms with E-state index in [0.29, 0.717) is 12.5 Å². The Morgan fingerprint density at radius 1 is 1.41 bits per heavy atom. The minimum atomic E-state index is -0.242. The minimum Gasteiger partial charge on any atom is -0.359 e. The van der Waals surface area contributed by atoms with Crippen LogP contribution in [0.4, 0.5) is 4.39 Å². The van der Waals surface area contributed by atoms with Crippen molar-refractivity contribution in [3.8, 4) is 10.6 Å². The predicted octanol–water partition coefficient (Wildman–Crippen LogP) is 5.55. The molecule has 1 aromatic heterocycles. The molecule has 1 unspecified atom stereocenters. The molecule has 3 nitrogen and oxygen atoms in total. The first-order valence-electron chi connectivity index (χ1n) is 9.36. The monoisotopic (exact) mass is 386 g/mol. The quantitative estimate of drug-likeness (QED) is 0.295. The van der Waals surface area contributed by atoms with E-state index in [-0.39, 0.29) is 5.82 Å². The predicted molar refractivity (Wildman–Crippen MR) is 111 cm³/mol. The molecule has 1 atom stereocenters. The summed E-state index contributed by atoms with van der Waals surface area (Å²) in [6, 6.07) is 6.57. The molecule has 0 fully saturated rings. The molecular formula is C22H27FN2OS. The molecule has 0 saturated heterocycles. The number of hydrogen-bond acceptors (Lipinski definition) is 3. The van der Waals surface area contributed by atoms with E-state index in [1.54, 1.807) is 17.4 Å². The van der Waals surface area contributed by atoms with Crippen molar-refractivity contribution in [2.75, 3.05) is 6.54 Å². The molecule has 0 aliphatic carbocycles. The van der Waals surface area contributed by atoms with Crippen LogP contribution in [-0.2, 0) is 11.2 Å². The fourth-order valence-electron chi connectivity index (χ4n) is 3.20. The fraction of sp³-hybridized carbons (Fsp3) is 0.364. The van der Waals surface area contributed by atoms with E-state index < -0.39 is 0 Å². The molecule has 0 bridgehead atoms. The topological polar surface area (TPSA) is 42.0 Å². The normalized spacial score (nSPS) is 12.6.